The van der Waals surface area contributed by atoms with Crippen molar-refractivity contribution in [3.63, 3.8) is 0 Å². The molecule has 4 aromatic rings. The summed E-state index contributed by atoms with van der Waals surface area (Å²) in [6.07, 6.45) is 3.47. The van der Waals surface area contributed by atoms with E-state index in [2.05, 4.69) is 32.2 Å². The van der Waals surface area contributed by atoms with Crippen molar-refractivity contribution >= 4 is 34.1 Å². The van der Waals surface area contributed by atoms with Crippen LogP contribution in [0.3, 0.4) is 0 Å². The van der Waals surface area contributed by atoms with Crippen LogP contribution in [0.4, 0.5) is 11.5 Å². The third kappa shape index (κ3) is 4.29. The highest BCUT2D eigenvalue weighted by atomic mass is 35.5. The molecule has 0 radical (unpaired) electrons. The van der Waals surface area contributed by atoms with Crippen molar-refractivity contribution in [2.45, 2.75) is 18.9 Å². The first kappa shape index (κ1) is 21.4. The molecule has 3 aromatic heterocycles. The summed E-state index contributed by atoms with van der Waals surface area (Å²) in [5.41, 5.74) is 0.990. The van der Waals surface area contributed by atoms with Crippen molar-refractivity contribution in [2.75, 3.05) is 25.5 Å². The van der Waals surface area contributed by atoms with Gasteiger partial charge in [0, 0.05) is 36.9 Å². The van der Waals surface area contributed by atoms with Crippen LogP contribution in [0, 0.1) is 0 Å². The number of halogens is 1. The highest BCUT2D eigenvalue weighted by Crippen LogP contribution is 2.24. The Hall–Kier alpha value is -3.43. The molecule has 1 aliphatic rings. The van der Waals surface area contributed by atoms with Crippen LogP contribution in [0.15, 0.2) is 53.6 Å². The molecule has 4 heterocycles. The van der Waals surface area contributed by atoms with Gasteiger partial charge >= 0.3 is 0 Å². The molecule has 10 heteroatoms. The standard InChI is InChI=1S/C23H24ClN7O2/c1-29-12-10-17(11-13-29)33-19-5-3-4-18(28-19)31-22-20(23(32)30(31)2)21(25-14-26-22)27-16-8-6-15(24)7-9-16/h3-9,14,17H,10-13H2,1-2H3,(H,25,26,27). The van der Waals surface area contributed by atoms with Crippen molar-refractivity contribution in [2.24, 2.45) is 7.05 Å². The van der Waals surface area contributed by atoms with E-state index in [4.69, 9.17) is 16.3 Å². The van der Waals surface area contributed by atoms with Gasteiger partial charge in [0.15, 0.2) is 11.5 Å². The number of nitrogens with one attached hydrogen (secondary N) is 1. The maximum absolute atomic E-state index is 13.2. The summed E-state index contributed by atoms with van der Waals surface area (Å²) in [5, 5.41) is 4.19. The zero-order valence-electron chi connectivity index (χ0n) is 18.4. The summed E-state index contributed by atoms with van der Waals surface area (Å²) in [6.45, 7) is 2.00. The van der Waals surface area contributed by atoms with E-state index in [0.717, 1.165) is 31.6 Å². The number of pyridine rings is 1. The van der Waals surface area contributed by atoms with E-state index in [1.54, 1.807) is 23.9 Å². The molecule has 0 aliphatic carbocycles. The van der Waals surface area contributed by atoms with Gasteiger partial charge in [-0.2, -0.15) is 4.98 Å². The number of hydrogen-bond acceptors (Lipinski definition) is 7. The lowest BCUT2D eigenvalue weighted by atomic mass is 10.1. The van der Waals surface area contributed by atoms with Crippen LogP contribution >= 0.6 is 11.6 Å². The van der Waals surface area contributed by atoms with Crippen molar-refractivity contribution in [3.05, 3.63) is 64.2 Å². The van der Waals surface area contributed by atoms with Crippen LogP contribution in [-0.4, -0.2) is 55.5 Å². The SMILES string of the molecule is CN1CCC(Oc2cccc(-n3c4ncnc(Nc5ccc(Cl)cc5)c4c(=O)n3C)n2)CC1. The molecule has 9 nitrogen and oxygen atoms in total. The van der Waals surface area contributed by atoms with E-state index >= 15 is 0 Å². The van der Waals surface area contributed by atoms with Crippen molar-refractivity contribution < 1.29 is 4.74 Å². The molecule has 5 rings (SSSR count). The number of piperidine rings is 1. The van der Waals surface area contributed by atoms with Gasteiger partial charge in [-0.25, -0.2) is 19.3 Å². The predicted octanol–water partition coefficient (Wildman–Crippen LogP) is 3.38. The zero-order valence-corrected chi connectivity index (χ0v) is 19.2. The molecule has 1 N–H and O–H groups in total. The van der Waals surface area contributed by atoms with E-state index < -0.39 is 0 Å². The molecule has 0 bridgehead atoms. The quantitative estimate of drug-likeness (QED) is 0.483. The average Bonchev–Trinajstić information content (AvgIpc) is 3.08. The van der Waals surface area contributed by atoms with Gasteiger partial charge in [0.1, 0.15) is 23.6 Å². The molecule has 0 saturated carbocycles. The number of benzene rings is 1. The number of aromatic nitrogens is 5. The van der Waals surface area contributed by atoms with Gasteiger partial charge in [0.2, 0.25) is 5.88 Å². The van der Waals surface area contributed by atoms with Crippen LogP contribution in [0.1, 0.15) is 12.8 Å². The molecule has 1 saturated heterocycles. The highest BCUT2D eigenvalue weighted by Gasteiger charge is 2.21. The lowest BCUT2D eigenvalue weighted by Crippen LogP contribution is -2.35. The third-order valence-electron chi connectivity index (χ3n) is 5.82. The number of rotatable bonds is 5. The fraction of sp³-hybridized carbons (Fsp3) is 0.304. The second-order valence-electron chi connectivity index (χ2n) is 8.15. The fourth-order valence-electron chi connectivity index (χ4n) is 4.02. The summed E-state index contributed by atoms with van der Waals surface area (Å²) < 4.78 is 9.30. The summed E-state index contributed by atoms with van der Waals surface area (Å²) in [7, 11) is 3.80. The minimum absolute atomic E-state index is 0.131. The molecule has 1 aliphatic heterocycles. The number of likely N-dealkylation sites (tertiary alicyclic amines) is 1. The fourth-order valence-corrected chi connectivity index (χ4v) is 4.14. The van der Waals surface area contributed by atoms with Gasteiger partial charge in [-0.15, -0.1) is 0 Å². The monoisotopic (exact) mass is 465 g/mol. The van der Waals surface area contributed by atoms with E-state index in [0.29, 0.717) is 33.6 Å². The maximum atomic E-state index is 13.2. The van der Waals surface area contributed by atoms with Gasteiger partial charge in [0.25, 0.3) is 5.56 Å². The third-order valence-corrected chi connectivity index (χ3v) is 6.07. The van der Waals surface area contributed by atoms with Crippen LogP contribution in [0.2, 0.25) is 5.02 Å². The van der Waals surface area contributed by atoms with E-state index in [1.165, 1.54) is 11.0 Å². The van der Waals surface area contributed by atoms with Crippen LogP contribution in [0.5, 0.6) is 5.88 Å². The number of hydrogen-bond donors (Lipinski definition) is 1. The van der Waals surface area contributed by atoms with E-state index in [9.17, 15) is 4.79 Å². The smallest absolute Gasteiger partial charge is 0.280 e. The minimum Gasteiger partial charge on any atom is -0.474 e. The Labute approximate surface area is 195 Å². The Bertz CT molecular complexity index is 1340. The molecule has 0 atom stereocenters. The number of fused-ring (bicyclic) bond motifs is 1. The normalized spacial score (nSPS) is 15.1. The summed E-state index contributed by atoms with van der Waals surface area (Å²) in [5.74, 6) is 1.50. The van der Waals surface area contributed by atoms with Gasteiger partial charge < -0.3 is 15.0 Å². The molecule has 0 amide bonds. The lowest BCUT2D eigenvalue weighted by Gasteiger charge is -2.29. The Morgan fingerprint density at radius 3 is 2.58 bits per heavy atom. The number of nitrogens with zero attached hydrogens (tertiary/aromatic N) is 6. The summed E-state index contributed by atoms with van der Waals surface area (Å²) in [6, 6.07) is 12.7. The second kappa shape index (κ2) is 8.84. The average molecular weight is 466 g/mol. The van der Waals surface area contributed by atoms with Crippen LogP contribution < -0.4 is 15.6 Å². The molecular weight excluding hydrogens is 442 g/mol. The van der Waals surface area contributed by atoms with Gasteiger partial charge in [-0.1, -0.05) is 17.7 Å². The van der Waals surface area contributed by atoms with Gasteiger partial charge in [0.05, 0.1) is 0 Å². The molecule has 170 valence electrons. The second-order valence-corrected chi connectivity index (χ2v) is 8.58. The van der Waals surface area contributed by atoms with Gasteiger partial charge in [-0.3, -0.25) is 4.79 Å². The number of anilines is 2. The largest absolute Gasteiger partial charge is 0.474 e. The first-order valence-electron chi connectivity index (χ1n) is 10.8. The first-order chi connectivity index (χ1) is 16.0. The zero-order chi connectivity index (χ0) is 22.9. The highest BCUT2D eigenvalue weighted by molar-refractivity contribution is 6.30. The predicted molar refractivity (Wildman–Crippen MR) is 128 cm³/mol. The van der Waals surface area contributed by atoms with Crippen molar-refractivity contribution in [1.29, 1.82) is 0 Å². The van der Waals surface area contributed by atoms with E-state index in [-0.39, 0.29) is 11.7 Å². The molecule has 0 unspecified atom stereocenters. The van der Waals surface area contributed by atoms with Crippen LogP contribution in [-0.2, 0) is 7.05 Å². The number of ether oxygens (including phenoxy) is 1. The molecule has 33 heavy (non-hydrogen) atoms. The van der Waals surface area contributed by atoms with E-state index in [1.807, 2.05) is 30.3 Å². The molecular formula is C23H24ClN7O2. The molecule has 0 spiro atoms. The lowest BCUT2D eigenvalue weighted by molar-refractivity contribution is 0.110. The molecule has 1 fully saturated rings. The Balaban J connectivity index is 1.51. The Kier molecular flexibility index (Phi) is 5.74. The first-order valence-corrected chi connectivity index (χ1v) is 11.2. The summed E-state index contributed by atoms with van der Waals surface area (Å²) >= 11 is 5.98. The molecule has 1 aromatic carbocycles. The van der Waals surface area contributed by atoms with Crippen molar-refractivity contribution in [1.82, 2.24) is 29.2 Å². The Morgan fingerprint density at radius 1 is 1.06 bits per heavy atom. The van der Waals surface area contributed by atoms with Crippen molar-refractivity contribution in [3.8, 4) is 11.7 Å². The Morgan fingerprint density at radius 2 is 1.82 bits per heavy atom. The topological polar surface area (TPSA) is 90.1 Å². The maximum Gasteiger partial charge on any atom is 0.280 e. The summed E-state index contributed by atoms with van der Waals surface area (Å²) in [4.78, 5) is 28.8. The van der Waals surface area contributed by atoms with Crippen LogP contribution in [0.25, 0.3) is 16.9 Å². The van der Waals surface area contributed by atoms with Gasteiger partial charge in [-0.05, 0) is 50.2 Å². The minimum atomic E-state index is -0.231.